The highest BCUT2D eigenvalue weighted by Crippen LogP contribution is 2.49. The second-order valence-corrected chi connectivity index (χ2v) is 18.4. The maximum Gasteiger partial charge on any atom is 0.0641 e. The third kappa shape index (κ3) is 5.23. The standard InChI is InChI=1S/C60H48N4/c1-37(2)39-23-27-43(28-24-39)61(41-15-7-5-8-16-41)53-33-31-45-49-35-56-50(36-55(49)63-51-21-13-11-19-47(51)57(53)59(45)63)46-32-34-54(58-48-20-12-14-22-52(48)64(56)60(46)58)62(42-17-9-6-10-18-42)44-29-25-40(26-30-44)38(3)4/h5-11,13,15-38H,12,14H2,1-4H3. The van der Waals surface area contributed by atoms with Gasteiger partial charge in [-0.05, 0) is 115 Å². The van der Waals surface area contributed by atoms with Crippen molar-refractivity contribution in [2.45, 2.75) is 52.4 Å². The van der Waals surface area contributed by atoms with Crippen molar-refractivity contribution in [2.24, 2.45) is 0 Å². The summed E-state index contributed by atoms with van der Waals surface area (Å²) in [6, 6.07) is 63.6. The third-order valence-electron chi connectivity index (χ3n) is 14.1. The molecule has 0 spiro atoms. The first-order valence-electron chi connectivity index (χ1n) is 23.0. The number of aromatic nitrogens is 2. The Morgan fingerprint density at radius 1 is 0.391 bits per heavy atom. The lowest BCUT2D eigenvalue weighted by atomic mass is 10.0. The minimum atomic E-state index is 0.465. The minimum absolute atomic E-state index is 0.465. The average Bonchev–Trinajstić information content (AvgIpc) is 4.06. The van der Waals surface area contributed by atoms with E-state index in [1.54, 1.807) is 0 Å². The zero-order valence-corrected chi connectivity index (χ0v) is 36.7. The van der Waals surface area contributed by atoms with Gasteiger partial charge in [-0.1, -0.05) is 131 Å². The molecule has 12 aromatic rings. The first-order valence-corrected chi connectivity index (χ1v) is 23.0. The first kappa shape index (κ1) is 37.0. The Morgan fingerprint density at radius 3 is 1.42 bits per heavy atom. The molecule has 1 aliphatic carbocycles. The summed E-state index contributed by atoms with van der Waals surface area (Å²) in [5.41, 5.74) is 16.0. The fourth-order valence-electron chi connectivity index (χ4n) is 11.1. The SMILES string of the molecule is CC(C)c1ccc(N(c2ccccc2)c2ccc3c4cc5c(cc4n4c6c(c2c34)=CCCC=6)c2ccc(N(c3ccccc3)c3ccc(C(C)C)cc3)c3c4ccccc4n5c23)cc1. The largest absolute Gasteiger partial charge is 0.310 e. The van der Waals surface area contributed by atoms with Gasteiger partial charge in [0.1, 0.15) is 0 Å². The number of fused-ring (bicyclic) bond motifs is 12. The molecule has 0 unspecified atom stereocenters. The van der Waals surface area contributed by atoms with E-state index in [9.17, 15) is 0 Å². The number of para-hydroxylation sites is 3. The molecule has 64 heavy (non-hydrogen) atoms. The minimum Gasteiger partial charge on any atom is -0.310 e. The summed E-state index contributed by atoms with van der Waals surface area (Å²) in [5, 5.41) is 11.6. The van der Waals surface area contributed by atoms with Crippen LogP contribution in [0.25, 0.3) is 77.4 Å². The fourth-order valence-corrected chi connectivity index (χ4v) is 11.1. The molecule has 0 radical (unpaired) electrons. The van der Waals surface area contributed by atoms with Crippen LogP contribution in [0.4, 0.5) is 34.1 Å². The smallest absolute Gasteiger partial charge is 0.0641 e. The molecular formula is C60H48N4. The molecule has 0 amide bonds. The van der Waals surface area contributed by atoms with E-state index in [4.69, 9.17) is 0 Å². The van der Waals surface area contributed by atoms with E-state index in [0.717, 1.165) is 29.9 Å². The molecule has 0 fully saturated rings. The van der Waals surface area contributed by atoms with Crippen molar-refractivity contribution < 1.29 is 0 Å². The highest BCUT2D eigenvalue weighted by atomic mass is 15.2. The summed E-state index contributed by atoms with van der Waals surface area (Å²) in [6.07, 6.45) is 7.03. The Kier molecular flexibility index (Phi) is 8.09. The topological polar surface area (TPSA) is 15.3 Å². The summed E-state index contributed by atoms with van der Waals surface area (Å²) in [5.74, 6) is 0.934. The molecule has 8 aromatic carbocycles. The molecule has 0 aliphatic heterocycles. The van der Waals surface area contributed by atoms with E-state index < -0.39 is 0 Å². The number of benzene rings is 8. The van der Waals surface area contributed by atoms with E-state index in [1.807, 2.05) is 0 Å². The number of anilines is 6. The van der Waals surface area contributed by atoms with Crippen molar-refractivity contribution in [1.82, 2.24) is 8.80 Å². The number of nitrogens with zero attached hydrogens (tertiary/aromatic N) is 4. The van der Waals surface area contributed by atoms with Gasteiger partial charge in [0.2, 0.25) is 0 Å². The maximum atomic E-state index is 2.59. The lowest BCUT2D eigenvalue weighted by molar-refractivity contribution is 0.866. The second-order valence-electron chi connectivity index (χ2n) is 18.4. The van der Waals surface area contributed by atoms with Gasteiger partial charge >= 0.3 is 0 Å². The van der Waals surface area contributed by atoms with Crippen LogP contribution in [0, 0.1) is 0 Å². The van der Waals surface area contributed by atoms with Crippen molar-refractivity contribution in [3.05, 3.63) is 192 Å². The van der Waals surface area contributed by atoms with Gasteiger partial charge in [0, 0.05) is 71.0 Å². The Balaban J connectivity index is 1.09. The summed E-state index contributed by atoms with van der Waals surface area (Å²) >= 11 is 0. The summed E-state index contributed by atoms with van der Waals surface area (Å²) in [7, 11) is 0. The van der Waals surface area contributed by atoms with Crippen molar-refractivity contribution in [3.63, 3.8) is 0 Å². The van der Waals surface area contributed by atoms with Gasteiger partial charge in [-0.15, -0.1) is 0 Å². The van der Waals surface area contributed by atoms with Crippen molar-refractivity contribution in [1.29, 1.82) is 0 Å². The molecule has 0 saturated carbocycles. The van der Waals surface area contributed by atoms with Crippen molar-refractivity contribution in [2.75, 3.05) is 9.80 Å². The molecule has 308 valence electrons. The molecule has 13 rings (SSSR count). The summed E-state index contributed by atoms with van der Waals surface area (Å²) in [4.78, 5) is 4.91. The van der Waals surface area contributed by atoms with Crippen LogP contribution in [0.1, 0.15) is 63.5 Å². The maximum absolute atomic E-state index is 2.59. The van der Waals surface area contributed by atoms with Crippen LogP contribution in [-0.2, 0) is 0 Å². The van der Waals surface area contributed by atoms with Gasteiger partial charge in [0.05, 0.1) is 39.0 Å². The van der Waals surface area contributed by atoms with Crippen LogP contribution < -0.4 is 20.4 Å². The van der Waals surface area contributed by atoms with E-state index in [2.05, 4.69) is 228 Å². The van der Waals surface area contributed by atoms with Crippen molar-refractivity contribution >= 4 is 112 Å². The van der Waals surface area contributed by atoms with Gasteiger partial charge < -0.3 is 18.6 Å². The fraction of sp³-hybridized carbons (Fsp3) is 0.133. The van der Waals surface area contributed by atoms with Gasteiger partial charge in [0.25, 0.3) is 0 Å². The first-order chi connectivity index (χ1) is 31.4. The lowest BCUT2D eigenvalue weighted by Gasteiger charge is -2.27. The van der Waals surface area contributed by atoms with Gasteiger partial charge in [-0.25, -0.2) is 0 Å². The summed E-state index contributed by atoms with van der Waals surface area (Å²) < 4.78 is 5.14. The van der Waals surface area contributed by atoms with E-state index in [0.29, 0.717) is 11.8 Å². The molecule has 4 heterocycles. The van der Waals surface area contributed by atoms with Gasteiger partial charge in [-0.2, -0.15) is 0 Å². The third-order valence-corrected chi connectivity index (χ3v) is 14.1. The molecular weight excluding hydrogens is 777 g/mol. The monoisotopic (exact) mass is 824 g/mol. The van der Waals surface area contributed by atoms with Crippen LogP contribution in [-0.4, -0.2) is 8.80 Å². The van der Waals surface area contributed by atoms with Crippen LogP contribution >= 0.6 is 0 Å². The number of hydrogen-bond acceptors (Lipinski definition) is 2. The van der Waals surface area contributed by atoms with Crippen LogP contribution in [0.2, 0.25) is 0 Å². The van der Waals surface area contributed by atoms with Crippen LogP contribution in [0.15, 0.2) is 170 Å². The predicted octanol–water partition coefficient (Wildman–Crippen LogP) is 15.4. The Morgan fingerprint density at radius 2 is 0.859 bits per heavy atom. The molecule has 4 heteroatoms. The average molecular weight is 825 g/mol. The normalized spacial score (nSPS) is 13.1. The van der Waals surface area contributed by atoms with Gasteiger partial charge in [-0.3, -0.25) is 0 Å². The zero-order valence-electron chi connectivity index (χ0n) is 36.7. The molecule has 1 aliphatic rings. The van der Waals surface area contributed by atoms with E-state index in [1.165, 1.54) is 104 Å². The molecule has 0 bridgehead atoms. The quantitative estimate of drug-likeness (QED) is 0.152. The van der Waals surface area contributed by atoms with E-state index >= 15 is 0 Å². The predicted molar refractivity (Wildman–Crippen MR) is 273 cm³/mol. The van der Waals surface area contributed by atoms with Gasteiger partial charge in [0.15, 0.2) is 0 Å². The number of hydrogen-bond donors (Lipinski definition) is 0. The Bertz CT molecular complexity index is 3870. The molecule has 0 atom stereocenters. The van der Waals surface area contributed by atoms with Crippen LogP contribution in [0.5, 0.6) is 0 Å². The summed E-state index contributed by atoms with van der Waals surface area (Å²) in [6.45, 7) is 9.05. The lowest BCUT2D eigenvalue weighted by Crippen LogP contribution is -2.28. The highest BCUT2D eigenvalue weighted by Gasteiger charge is 2.27. The van der Waals surface area contributed by atoms with E-state index in [-0.39, 0.29) is 0 Å². The molecule has 0 N–H and O–H groups in total. The number of rotatable bonds is 8. The zero-order chi connectivity index (χ0) is 42.8. The molecule has 4 nitrogen and oxygen atoms in total. The molecule has 4 aromatic heterocycles. The van der Waals surface area contributed by atoms with Crippen molar-refractivity contribution in [3.8, 4) is 0 Å². The molecule has 0 saturated heterocycles. The second kappa shape index (κ2) is 14.0. The Labute approximate surface area is 372 Å². The Hall–Kier alpha value is -7.56. The van der Waals surface area contributed by atoms with Crippen LogP contribution in [0.3, 0.4) is 0 Å². The highest BCUT2D eigenvalue weighted by molar-refractivity contribution is 6.30.